The Morgan fingerprint density at radius 1 is 1.07 bits per heavy atom. The number of hydrogen-bond acceptors (Lipinski definition) is 2. The Morgan fingerprint density at radius 2 is 1.86 bits per heavy atom. The van der Waals surface area contributed by atoms with Gasteiger partial charge in [-0.2, -0.15) is 0 Å². The Morgan fingerprint density at radius 3 is 2.59 bits per heavy atom. The second-order valence-electron chi connectivity index (χ2n) is 6.82. The van der Waals surface area contributed by atoms with Crippen molar-refractivity contribution in [2.24, 2.45) is 4.99 Å². The van der Waals surface area contributed by atoms with Crippen LogP contribution in [0.3, 0.4) is 0 Å². The largest absolute Gasteiger partial charge is 0.357 e. The van der Waals surface area contributed by atoms with Gasteiger partial charge in [0.15, 0.2) is 5.96 Å². The monoisotopic (exact) mass is 402 g/mol. The average molecular weight is 402 g/mol. The molecule has 7 heteroatoms. The maximum Gasteiger partial charge on any atom is 0.253 e. The highest BCUT2D eigenvalue weighted by atomic mass is 19.1. The fraction of sp³-hybridized carbons (Fsp3) is 0.364. The molecule has 156 valence electrons. The summed E-state index contributed by atoms with van der Waals surface area (Å²) < 4.78 is 27.0. The molecule has 0 saturated heterocycles. The number of carbonyl (C=O) groups is 1. The minimum atomic E-state index is -0.453. The van der Waals surface area contributed by atoms with Gasteiger partial charge in [0, 0.05) is 39.3 Å². The number of hydrogen-bond donors (Lipinski definition) is 2. The molecule has 0 radical (unpaired) electrons. The van der Waals surface area contributed by atoms with Gasteiger partial charge in [0.05, 0.1) is 0 Å². The molecule has 0 aromatic heterocycles. The van der Waals surface area contributed by atoms with Crippen LogP contribution in [0.25, 0.3) is 0 Å². The van der Waals surface area contributed by atoms with Gasteiger partial charge in [0.1, 0.15) is 11.6 Å². The topological polar surface area (TPSA) is 56.7 Å². The van der Waals surface area contributed by atoms with Crippen LogP contribution < -0.4 is 10.6 Å². The molecule has 0 bridgehead atoms. The van der Waals surface area contributed by atoms with Crippen LogP contribution in [0.4, 0.5) is 8.78 Å². The summed E-state index contributed by atoms with van der Waals surface area (Å²) in [5.41, 5.74) is 2.01. The zero-order valence-electron chi connectivity index (χ0n) is 17.1. The van der Waals surface area contributed by atoms with E-state index in [0.29, 0.717) is 43.1 Å². The van der Waals surface area contributed by atoms with Gasteiger partial charge in [-0.15, -0.1) is 0 Å². The molecule has 0 unspecified atom stereocenters. The number of amides is 1. The van der Waals surface area contributed by atoms with Gasteiger partial charge < -0.3 is 15.5 Å². The first-order chi connectivity index (χ1) is 13.9. The van der Waals surface area contributed by atoms with Gasteiger partial charge >= 0.3 is 0 Å². The molecular weight excluding hydrogens is 374 g/mol. The van der Waals surface area contributed by atoms with Crippen LogP contribution in [-0.2, 0) is 12.8 Å². The van der Waals surface area contributed by atoms with Gasteiger partial charge in [-0.3, -0.25) is 9.79 Å². The van der Waals surface area contributed by atoms with Gasteiger partial charge in [-0.05, 0) is 61.2 Å². The summed E-state index contributed by atoms with van der Waals surface area (Å²) in [7, 11) is 3.46. The van der Waals surface area contributed by atoms with Crippen LogP contribution >= 0.6 is 0 Å². The van der Waals surface area contributed by atoms with E-state index in [1.165, 1.54) is 6.07 Å². The molecule has 0 heterocycles. The number of guanidine groups is 1. The van der Waals surface area contributed by atoms with Crippen LogP contribution in [0, 0.1) is 11.6 Å². The van der Waals surface area contributed by atoms with E-state index in [1.54, 1.807) is 25.1 Å². The molecule has 2 N–H and O–H groups in total. The molecule has 0 saturated carbocycles. The molecule has 2 aromatic rings. The smallest absolute Gasteiger partial charge is 0.253 e. The minimum Gasteiger partial charge on any atom is -0.357 e. The summed E-state index contributed by atoms with van der Waals surface area (Å²) in [6.45, 7) is 3.61. The number of aliphatic imine (C=N–C) groups is 1. The molecule has 0 atom stereocenters. The molecule has 1 amide bonds. The average Bonchev–Trinajstić information content (AvgIpc) is 2.70. The summed E-state index contributed by atoms with van der Waals surface area (Å²) in [4.78, 5) is 18.0. The first-order valence-corrected chi connectivity index (χ1v) is 9.67. The number of rotatable bonds is 8. The molecule has 2 aromatic carbocycles. The van der Waals surface area contributed by atoms with E-state index in [1.807, 2.05) is 25.1 Å². The second-order valence-corrected chi connectivity index (χ2v) is 6.82. The quantitative estimate of drug-likeness (QED) is 0.527. The Hall–Kier alpha value is -2.96. The molecule has 0 fully saturated rings. The van der Waals surface area contributed by atoms with Crippen LogP contribution in [0.1, 0.15) is 28.4 Å². The van der Waals surface area contributed by atoms with Crippen molar-refractivity contribution in [3.05, 3.63) is 70.8 Å². The van der Waals surface area contributed by atoms with Gasteiger partial charge in [0.2, 0.25) is 0 Å². The first-order valence-electron chi connectivity index (χ1n) is 9.67. The Bertz CT molecular complexity index is 852. The lowest BCUT2D eigenvalue weighted by molar-refractivity contribution is 0.0827. The van der Waals surface area contributed by atoms with E-state index in [2.05, 4.69) is 15.6 Å². The van der Waals surface area contributed by atoms with Crippen molar-refractivity contribution in [3.63, 3.8) is 0 Å². The molecular formula is C22H28F2N4O. The van der Waals surface area contributed by atoms with Crippen molar-refractivity contribution in [3.8, 4) is 0 Å². The van der Waals surface area contributed by atoms with Crippen molar-refractivity contribution in [1.29, 1.82) is 0 Å². The molecule has 29 heavy (non-hydrogen) atoms. The lowest BCUT2D eigenvalue weighted by Gasteiger charge is -2.13. The standard InChI is InChI=1S/C22H28F2N4O/c1-4-25-22(27-13-11-17-15-19(23)8-9-20(17)24)26-12-10-16-6-5-7-18(14-16)21(29)28(2)3/h5-9,14-15H,4,10-13H2,1-3H3,(H2,25,26,27). The summed E-state index contributed by atoms with van der Waals surface area (Å²) in [5, 5.41) is 6.36. The maximum atomic E-state index is 13.7. The van der Waals surface area contributed by atoms with Gasteiger partial charge in [-0.25, -0.2) is 8.78 Å². The molecule has 0 aliphatic carbocycles. The number of carbonyl (C=O) groups excluding carboxylic acids is 1. The predicted octanol–water partition coefficient (Wildman–Crippen LogP) is 3.01. The fourth-order valence-electron chi connectivity index (χ4n) is 2.81. The van der Waals surface area contributed by atoms with Crippen molar-refractivity contribution in [2.45, 2.75) is 19.8 Å². The van der Waals surface area contributed by atoms with Crippen LogP contribution in [0.15, 0.2) is 47.5 Å². The summed E-state index contributed by atoms with van der Waals surface area (Å²) >= 11 is 0. The number of halogens is 2. The molecule has 0 aliphatic rings. The SMILES string of the molecule is CCNC(=NCCc1cc(F)ccc1F)NCCc1cccc(C(=O)N(C)C)c1. The van der Waals surface area contributed by atoms with Crippen molar-refractivity contribution in [1.82, 2.24) is 15.5 Å². The number of nitrogens with zero attached hydrogens (tertiary/aromatic N) is 2. The summed E-state index contributed by atoms with van der Waals surface area (Å²) in [5.74, 6) is -0.291. The van der Waals surface area contributed by atoms with E-state index < -0.39 is 11.6 Å². The third-order valence-corrected chi connectivity index (χ3v) is 4.29. The van der Waals surface area contributed by atoms with E-state index in [4.69, 9.17) is 0 Å². The Labute approximate surface area is 170 Å². The third-order valence-electron chi connectivity index (χ3n) is 4.29. The van der Waals surface area contributed by atoms with Crippen LogP contribution in [-0.4, -0.2) is 50.5 Å². The Balaban J connectivity index is 1.90. The second kappa shape index (κ2) is 11.1. The van der Waals surface area contributed by atoms with E-state index in [-0.39, 0.29) is 5.91 Å². The minimum absolute atomic E-state index is 0.0284. The molecule has 0 spiro atoms. The lowest BCUT2D eigenvalue weighted by atomic mass is 10.1. The van der Waals surface area contributed by atoms with E-state index in [0.717, 1.165) is 24.1 Å². The zero-order valence-corrected chi connectivity index (χ0v) is 17.1. The normalized spacial score (nSPS) is 11.3. The highest BCUT2D eigenvalue weighted by Crippen LogP contribution is 2.10. The van der Waals surface area contributed by atoms with Crippen molar-refractivity contribution >= 4 is 11.9 Å². The van der Waals surface area contributed by atoms with Gasteiger partial charge in [0.25, 0.3) is 5.91 Å². The molecule has 2 rings (SSSR count). The first kappa shape index (κ1) is 22.3. The third kappa shape index (κ3) is 7.18. The summed E-state index contributed by atoms with van der Waals surface area (Å²) in [6, 6.07) is 11.0. The molecule has 5 nitrogen and oxygen atoms in total. The van der Waals surface area contributed by atoms with E-state index in [9.17, 15) is 13.6 Å². The predicted molar refractivity (Wildman–Crippen MR) is 112 cm³/mol. The molecule has 0 aliphatic heterocycles. The number of nitrogens with one attached hydrogen (secondary N) is 2. The Kier molecular flexibility index (Phi) is 8.58. The van der Waals surface area contributed by atoms with Gasteiger partial charge in [-0.1, -0.05) is 12.1 Å². The van der Waals surface area contributed by atoms with Crippen LogP contribution in [0.5, 0.6) is 0 Å². The fourth-order valence-corrected chi connectivity index (χ4v) is 2.81. The zero-order chi connectivity index (χ0) is 21.2. The van der Waals surface area contributed by atoms with E-state index >= 15 is 0 Å². The van der Waals surface area contributed by atoms with Crippen LogP contribution in [0.2, 0.25) is 0 Å². The lowest BCUT2D eigenvalue weighted by Crippen LogP contribution is -2.38. The highest BCUT2D eigenvalue weighted by molar-refractivity contribution is 5.94. The highest BCUT2D eigenvalue weighted by Gasteiger charge is 2.08. The maximum absolute atomic E-state index is 13.7. The van der Waals surface area contributed by atoms with Crippen molar-refractivity contribution < 1.29 is 13.6 Å². The number of benzene rings is 2. The summed E-state index contributed by atoms with van der Waals surface area (Å²) in [6.07, 6.45) is 1.03. The van der Waals surface area contributed by atoms with Crippen molar-refractivity contribution in [2.75, 3.05) is 33.7 Å².